The fraction of sp³-hybridized carbons (Fsp3) is 0.350. The Labute approximate surface area is 168 Å². The first kappa shape index (κ1) is 22.8. The van der Waals surface area contributed by atoms with Crippen molar-refractivity contribution in [1.29, 1.82) is 0 Å². The molecule has 0 heterocycles. The van der Waals surface area contributed by atoms with Crippen molar-refractivity contribution < 1.29 is 31.5 Å². The minimum atomic E-state index is -3.99. The lowest BCUT2D eigenvalue weighted by molar-refractivity contribution is 0.0331. The van der Waals surface area contributed by atoms with Gasteiger partial charge in [-0.05, 0) is 58.0 Å². The van der Waals surface area contributed by atoms with Crippen molar-refractivity contribution in [2.24, 2.45) is 0 Å². The fourth-order valence-electron chi connectivity index (χ4n) is 2.60. The molecule has 0 aliphatic carbocycles. The molecular formula is C20H23F2NO5S. The summed E-state index contributed by atoms with van der Waals surface area (Å²) >= 11 is 0. The summed E-state index contributed by atoms with van der Waals surface area (Å²) in [7, 11) is -2.68. The van der Waals surface area contributed by atoms with E-state index < -0.39 is 39.3 Å². The van der Waals surface area contributed by atoms with E-state index in [4.69, 9.17) is 9.47 Å². The van der Waals surface area contributed by atoms with Crippen molar-refractivity contribution >= 4 is 16.0 Å². The highest BCUT2D eigenvalue weighted by Gasteiger charge is 2.27. The third-order valence-electron chi connectivity index (χ3n) is 3.81. The molecule has 1 atom stereocenters. The van der Waals surface area contributed by atoms with Gasteiger partial charge in [-0.25, -0.2) is 26.7 Å². The molecule has 0 fully saturated rings. The molecule has 0 aromatic heterocycles. The van der Waals surface area contributed by atoms with Crippen LogP contribution in [0.3, 0.4) is 0 Å². The number of halogens is 2. The average Bonchev–Trinajstić information content (AvgIpc) is 2.58. The molecule has 2 rings (SSSR count). The molecular weight excluding hydrogens is 404 g/mol. The first-order valence-electron chi connectivity index (χ1n) is 8.72. The molecule has 0 bridgehead atoms. The van der Waals surface area contributed by atoms with Crippen molar-refractivity contribution in [3.05, 3.63) is 59.2 Å². The number of hydrogen-bond donors (Lipinski definition) is 1. The zero-order chi connectivity index (χ0) is 22.0. The molecule has 2 aromatic carbocycles. The van der Waals surface area contributed by atoms with E-state index in [2.05, 4.69) is 4.72 Å². The molecule has 0 spiro atoms. The van der Waals surface area contributed by atoms with Crippen LogP contribution in [0.25, 0.3) is 0 Å². The summed E-state index contributed by atoms with van der Waals surface area (Å²) in [4.78, 5) is 12.3. The number of sulfonamides is 1. The Morgan fingerprint density at radius 1 is 1.10 bits per heavy atom. The Bertz CT molecular complexity index is 1020. The second-order valence-electron chi connectivity index (χ2n) is 7.43. The monoisotopic (exact) mass is 427 g/mol. The quantitative estimate of drug-likeness (QED) is 0.706. The highest BCUT2D eigenvalue weighted by Crippen LogP contribution is 2.28. The summed E-state index contributed by atoms with van der Waals surface area (Å²) in [5.74, 6) is -2.41. The molecule has 6 nitrogen and oxygen atoms in total. The van der Waals surface area contributed by atoms with Gasteiger partial charge < -0.3 is 9.47 Å². The molecule has 2 aromatic rings. The lowest BCUT2D eigenvalue weighted by Gasteiger charge is -2.21. The highest BCUT2D eigenvalue weighted by molar-refractivity contribution is 7.89. The minimum absolute atomic E-state index is 0.00416. The standard InChI is InChI=1S/C20H23F2NO5S/c1-12(15-8-7-14(21)11-16(15)22)28-19(24)13-6-9-17(27-5)18(10-13)29(25,26)23-20(2,3)4/h6-12,23H,1-5H3. The van der Waals surface area contributed by atoms with E-state index >= 15 is 0 Å². The molecule has 0 aliphatic rings. The third kappa shape index (κ3) is 5.74. The molecule has 1 unspecified atom stereocenters. The highest BCUT2D eigenvalue weighted by atomic mass is 32.2. The van der Waals surface area contributed by atoms with E-state index in [0.717, 1.165) is 12.1 Å². The SMILES string of the molecule is COc1ccc(C(=O)OC(C)c2ccc(F)cc2F)cc1S(=O)(=O)NC(C)(C)C. The van der Waals surface area contributed by atoms with E-state index in [1.807, 2.05) is 0 Å². The molecule has 0 radical (unpaired) electrons. The number of hydrogen-bond acceptors (Lipinski definition) is 5. The van der Waals surface area contributed by atoms with Gasteiger partial charge in [-0.2, -0.15) is 0 Å². The minimum Gasteiger partial charge on any atom is -0.495 e. The summed E-state index contributed by atoms with van der Waals surface area (Å²) < 4.78 is 65.2. The van der Waals surface area contributed by atoms with Crippen molar-refractivity contribution in [3.8, 4) is 5.75 Å². The number of rotatable bonds is 6. The predicted molar refractivity (Wildman–Crippen MR) is 103 cm³/mol. The maximum absolute atomic E-state index is 13.9. The second kappa shape index (κ2) is 8.46. The number of nitrogens with one attached hydrogen (secondary N) is 1. The summed E-state index contributed by atoms with van der Waals surface area (Å²) in [6, 6.07) is 6.72. The van der Waals surface area contributed by atoms with E-state index in [1.165, 1.54) is 32.2 Å². The molecule has 0 saturated carbocycles. The number of carbonyl (C=O) groups excluding carboxylic acids is 1. The van der Waals surface area contributed by atoms with Gasteiger partial charge in [0, 0.05) is 17.2 Å². The van der Waals surface area contributed by atoms with Crippen molar-refractivity contribution in [1.82, 2.24) is 4.72 Å². The smallest absolute Gasteiger partial charge is 0.338 e. The lowest BCUT2D eigenvalue weighted by Crippen LogP contribution is -2.40. The van der Waals surface area contributed by atoms with Crippen LogP contribution in [0.4, 0.5) is 8.78 Å². The molecule has 1 N–H and O–H groups in total. The van der Waals surface area contributed by atoms with Crippen molar-refractivity contribution in [2.75, 3.05) is 7.11 Å². The van der Waals surface area contributed by atoms with Gasteiger partial charge in [-0.15, -0.1) is 0 Å². The van der Waals surface area contributed by atoms with Crippen LogP contribution in [0.2, 0.25) is 0 Å². The first-order valence-corrected chi connectivity index (χ1v) is 10.2. The Kier molecular flexibility index (Phi) is 6.64. The van der Waals surface area contributed by atoms with Crippen LogP contribution in [0.1, 0.15) is 49.7 Å². The van der Waals surface area contributed by atoms with E-state index in [-0.39, 0.29) is 21.8 Å². The van der Waals surface area contributed by atoms with E-state index in [0.29, 0.717) is 6.07 Å². The fourth-order valence-corrected chi connectivity index (χ4v) is 4.21. The average molecular weight is 427 g/mol. The topological polar surface area (TPSA) is 81.7 Å². The number of carbonyl (C=O) groups is 1. The van der Waals surface area contributed by atoms with Crippen LogP contribution in [0.15, 0.2) is 41.3 Å². The van der Waals surface area contributed by atoms with Crippen LogP contribution in [0.5, 0.6) is 5.75 Å². The van der Waals surface area contributed by atoms with Crippen LogP contribution in [-0.2, 0) is 14.8 Å². The molecule has 0 aliphatic heterocycles. The van der Waals surface area contributed by atoms with E-state index in [9.17, 15) is 22.0 Å². The molecule has 158 valence electrons. The van der Waals surface area contributed by atoms with Crippen molar-refractivity contribution in [3.63, 3.8) is 0 Å². The van der Waals surface area contributed by atoms with E-state index in [1.54, 1.807) is 20.8 Å². The maximum Gasteiger partial charge on any atom is 0.338 e. The Morgan fingerprint density at radius 3 is 2.31 bits per heavy atom. The summed E-state index contributed by atoms with van der Waals surface area (Å²) in [5, 5.41) is 0. The number of benzene rings is 2. The largest absolute Gasteiger partial charge is 0.495 e. The van der Waals surface area contributed by atoms with Gasteiger partial charge in [0.1, 0.15) is 28.4 Å². The van der Waals surface area contributed by atoms with Crippen molar-refractivity contribution in [2.45, 2.75) is 44.2 Å². The van der Waals surface area contributed by atoms with Gasteiger partial charge in [0.05, 0.1) is 12.7 Å². The molecule has 0 saturated heterocycles. The predicted octanol–water partition coefficient (Wildman–Crippen LogP) is 3.97. The Morgan fingerprint density at radius 2 is 1.76 bits per heavy atom. The van der Waals surface area contributed by atoms with Gasteiger partial charge in [0.25, 0.3) is 0 Å². The van der Waals surface area contributed by atoms with Gasteiger partial charge >= 0.3 is 5.97 Å². The van der Waals surface area contributed by atoms with Gasteiger partial charge in [-0.1, -0.05) is 0 Å². The molecule has 0 amide bonds. The second-order valence-corrected chi connectivity index (χ2v) is 9.09. The number of ether oxygens (including phenoxy) is 2. The van der Waals surface area contributed by atoms with Gasteiger partial charge in [-0.3, -0.25) is 0 Å². The maximum atomic E-state index is 13.9. The molecule has 9 heteroatoms. The van der Waals surface area contributed by atoms with Gasteiger partial charge in [0.2, 0.25) is 10.0 Å². The number of methoxy groups -OCH3 is 1. The zero-order valence-electron chi connectivity index (χ0n) is 16.7. The zero-order valence-corrected chi connectivity index (χ0v) is 17.6. The Balaban J connectivity index is 2.34. The molecule has 29 heavy (non-hydrogen) atoms. The normalized spacial score (nSPS) is 13.1. The van der Waals surface area contributed by atoms with Crippen LogP contribution in [-0.4, -0.2) is 27.0 Å². The van der Waals surface area contributed by atoms with Gasteiger partial charge in [0.15, 0.2) is 0 Å². The number of esters is 1. The van der Waals surface area contributed by atoms with Crippen LogP contribution < -0.4 is 9.46 Å². The van der Waals surface area contributed by atoms with Crippen LogP contribution in [0, 0.1) is 11.6 Å². The third-order valence-corrected chi connectivity index (χ3v) is 5.59. The summed E-state index contributed by atoms with van der Waals surface area (Å²) in [6.07, 6.45) is -1.02. The Hall–Kier alpha value is -2.52. The first-order chi connectivity index (χ1) is 13.3. The lowest BCUT2D eigenvalue weighted by atomic mass is 10.1. The summed E-state index contributed by atoms with van der Waals surface area (Å²) in [6.45, 7) is 6.45. The van der Waals surface area contributed by atoms with Crippen LogP contribution >= 0.6 is 0 Å². The summed E-state index contributed by atoms with van der Waals surface area (Å²) in [5.41, 5.74) is -0.820.